The Morgan fingerprint density at radius 1 is 1.69 bits per heavy atom. The van der Waals surface area contributed by atoms with E-state index in [0.717, 1.165) is 18.2 Å². The van der Waals surface area contributed by atoms with Crippen molar-refractivity contribution in [3.8, 4) is 0 Å². The molecule has 4 heteroatoms. The molecule has 1 saturated carbocycles. The van der Waals surface area contributed by atoms with Gasteiger partial charge in [-0.1, -0.05) is 11.6 Å². The monoisotopic (exact) mass is 181 g/mol. The highest BCUT2D eigenvalue weighted by atomic mass is 16.3. The zero-order chi connectivity index (χ0) is 9.26. The smallest absolute Gasteiger partial charge is 0.0945 e. The van der Waals surface area contributed by atoms with Gasteiger partial charge in [0.25, 0.3) is 0 Å². The average Bonchev–Trinajstić information content (AvgIpc) is 2.44. The third-order valence-electron chi connectivity index (χ3n) is 2.73. The van der Waals surface area contributed by atoms with Crippen molar-refractivity contribution >= 4 is 0 Å². The van der Waals surface area contributed by atoms with Crippen molar-refractivity contribution in [2.75, 3.05) is 0 Å². The van der Waals surface area contributed by atoms with Crippen LogP contribution >= 0.6 is 0 Å². The molecule has 13 heavy (non-hydrogen) atoms. The maximum atomic E-state index is 9.40. The van der Waals surface area contributed by atoms with E-state index in [0.29, 0.717) is 0 Å². The number of hydrogen-bond acceptors (Lipinski definition) is 3. The van der Waals surface area contributed by atoms with Crippen LogP contribution in [0.5, 0.6) is 0 Å². The quantitative estimate of drug-likeness (QED) is 0.760. The van der Waals surface area contributed by atoms with Crippen LogP contribution in [0.4, 0.5) is 0 Å². The predicted molar refractivity (Wildman–Crippen MR) is 48.0 cm³/mol. The van der Waals surface area contributed by atoms with Gasteiger partial charge in [0.2, 0.25) is 0 Å². The van der Waals surface area contributed by atoms with Crippen LogP contribution in [0.25, 0.3) is 0 Å². The Morgan fingerprint density at radius 2 is 2.46 bits per heavy atom. The fraction of sp³-hybridized carbons (Fsp3) is 0.778. The van der Waals surface area contributed by atoms with E-state index in [-0.39, 0.29) is 0 Å². The lowest BCUT2D eigenvalue weighted by Crippen LogP contribution is -2.20. The molecule has 0 amide bonds. The molecule has 1 aliphatic rings. The Labute approximate surface area is 77.6 Å². The summed E-state index contributed by atoms with van der Waals surface area (Å²) in [6.07, 6.45) is 5.10. The molecule has 1 heterocycles. The molecule has 0 radical (unpaired) electrons. The zero-order valence-corrected chi connectivity index (χ0v) is 7.85. The highest BCUT2D eigenvalue weighted by molar-refractivity contribution is 4.97. The fourth-order valence-electron chi connectivity index (χ4n) is 1.65. The van der Waals surface area contributed by atoms with Gasteiger partial charge in [-0.25, -0.2) is 4.68 Å². The summed E-state index contributed by atoms with van der Waals surface area (Å²) in [7, 11) is 0. The first-order valence-electron chi connectivity index (χ1n) is 4.84. The molecule has 1 aromatic rings. The van der Waals surface area contributed by atoms with E-state index in [1.807, 2.05) is 4.68 Å². The highest BCUT2D eigenvalue weighted by Gasteiger charge is 2.20. The molecular weight excluding hydrogens is 166 g/mol. The molecule has 0 aliphatic heterocycles. The minimum absolute atomic E-state index is 0.463. The molecule has 0 aromatic carbocycles. The first-order chi connectivity index (χ1) is 6.27. The van der Waals surface area contributed by atoms with E-state index >= 15 is 0 Å². The lowest BCUT2D eigenvalue weighted by molar-refractivity contribution is 0.178. The molecule has 1 aromatic heterocycles. The molecule has 2 rings (SSSR count). The van der Waals surface area contributed by atoms with Gasteiger partial charge in [0.15, 0.2) is 0 Å². The summed E-state index contributed by atoms with van der Waals surface area (Å²) in [6, 6.07) is 0. The van der Waals surface area contributed by atoms with Crippen molar-refractivity contribution in [3.05, 3.63) is 11.9 Å². The Bertz CT molecular complexity index is 278. The van der Waals surface area contributed by atoms with E-state index in [1.54, 1.807) is 13.1 Å². The highest BCUT2D eigenvalue weighted by Crippen LogP contribution is 2.28. The Balaban J connectivity index is 2.05. The molecule has 72 valence electrons. The van der Waals surface area contributed by atoms with E-state index in [4.69, 9.17) is 0 Å². The van der Waals surface area contributed by atoms with Gasteiger partial charge >= 0.3 is 0 Å². The number of aromatic nitrogens is 3. The zero-order valence-electron chi connectivity index (χ0n) is 7.85. The lowest BCUT2D eigenvalue weighted by Gasteiger charge is -2.25. The van der Waals surface area contributed by atoms with Gasteiger partial charge in [-0.05, 0) is 25.7 Å². The molecule has 4 nitrogen and oxygen atoms in total. The van der Waals surface area contributed by atoms with Crippen LogP contribution in [0, 0.1) is 5.92 Å². The first-order valence-corrected chi connectivity index (χ1v) is 4.84. The van der Waals surface area contributed by atoms with E-state index in [9.17, 15) is 5.11 Å². The second kappa shape index (κ2) is 3.46. The van der Waals surface area contributed by atoms with Gasteiger partial charge in [0, 0.05) is 6.54 Å². The van der Waals surface area contributed by atoms with Gasteiger partial charge in [-0.2, -0.15) is 0 Å². The van der Waals surface area contributed by atoms with Crippen molar-refractivity contribution in [1.82, 2.24) is 15.0 Å². The summed E-state index contributed by atoms with van der Waals surface area (Å²) in [5.41, 5.74) is 0.826. The Hall–Kier alpha value is -0.900. The predicted octanol–water partition coefficient (Wildman–Crippen LogP) is 1.13. The van der Waals surface area contributed by atoms with Crippen LogP contribution in [-0.2, 0) is 6.54 Å². The number of aliphatic hydroxyl groups is 1. The summed E-state index contributed by atoms with van der Waals surface area (Å²) in [5, 5.41) is 17.2. The molecule has 0 bridgehead atoms. The van der Waals surface area contributed by atoms with Crippen molar-refractivity contribution in [2.45, 2.75) is 38.8 Å². The van der Waals surface area contributed by atoms with Crippen LogP contribution in [0.1, 0.15) is 38.0 Å². The summed E-state index contributed by atoms with van der Waals surface area (Å²) < 4.78 is 1.83. The molecule has 1 unspecified atom stereocenters. The van der Waals surface area contributed by atoms with Gasteiger partial charge < -0.3 is 5.11 Å². The number of hydrogen-bond donors (Lipinski definition) is 1. The number of rotatable bonds is 3. The van der Waals surface area contributed by atoms with Crippen LogP contribution in [0.3, 0.4) is 0 Å². The molecular formula is C9H15N3O. The lowest BCUT2D eigenvalue weighted by atomic mass is 9.85. The molecule has 1 aliphatic carbocycles. The fourth-order valence-corrected chi connectivity index (χ4v) is 1.65. The standard InChI is InChI=1S/C9H15N3O/c1-7(13)9-5-10-11-12(9)6-8-3-2-4-8/h5,7-8,13H,2-4,6H2,1H3. The Kier molecular flexibility index (Phi) is 2.31. The molecule has 0 saturated heterocycles. The van der Waals surface area contributed by atoms with E-state index in [1.165, 1.54) is 19.3 Å². The van der Waals surface area contributed by atoms with Crippen molar-refractivity contribution in [1.29, 1.82) is 0 Å². The minimum atomic E-state index is -0.463. The van der Waals surface area contributed by atoms with Crippen LogP contribution < -0.4 is 0 Å². The van der Waals surface area contributed by atoms with Crippen LogP contribution in [0.2, 0.25) is 0 Å². The van der Waals surface area contributed by atoms with Gasteiger partial charge in [-0.15, -0.1) is 5.10 Å². The molecule has 1 fully saturated rings. The SMILES string of the molecule is CC(O)c1cnnn1CC1CCC1. The van der Waals surface area contributed by atoms with Gasteiger partial charge in [0.1, 0.15) is 0 Å². The van der Waals surface area contributed by atoms with Crippen LogP contribution in [0.15, 0.2) is 6.20 Å². The van der Waals surface area contributed by atoms with Gasteiger partial charge in [0.05, 0.1) is 18.0 Å². The third-order valence-corrected chi connectivity index (χ3v) is 2.73. The first kappa shape index (κ1) is 8.69. The van der Waals surface area contributed by atoms with E-state index < -0.39 is 6.10 Å². The average molecular weight is 181 g/mol. The van der Waals surface area contributed by atoms with Crippen LogP contribution in [-0.4, -0.2) is 20.1 Å². The second-order valence-electron chi connectivity index (χ2n) is 3.81. The number of nitrogens with zero attached hydrogens (tertiary/aromatic N) is 3. The maximum absolute atomic E-state index is 9.40. The Morgan fingerprint density at radius 3 is 3.00 bits per heavy atom. The second-order valence-corrected chi connectivity index (χ2v) is 3.81. The summed E-state index contributed by atoms with van der Waals surface area (Å²) in [5.74, 6) is 0.749. The molecule has 1 N–H and O–H groups in total. The largest absolute Gasteiger partial charge is 0.387 e. The normalized spacial score (nSPS) is 19.8. The van der Waals surface area contributed by atoms with Crippen molar-refractivity contribution < 1.29 is 5.11 Å². The summed E-state index contributed by atoms with van der Waals surface area (Å²) in [4.78, 5) is 0. The summed E-state index contributed by atoms with van der Waals surface area (Å²) in [6.45, 7) is 2.66. The topological polar surface area (TPSA) is 50.9 Å². The number of aliphatic hydroxyl groups excluding tert-OH is 1. The molecule has 0 spiro atoms. The summed E-state index contributed by atoms with van der Waals surface area (Å²) >= 11 is 0. The third kappa shape index (κ3) is 1.72. The van der Waals surface area contributed by atoms with E-state index in [2.05, 4.69) is 10.3 Å². The van der Waals surface area contributed by atoms with Crippen molar-refractivity contribution in [3.63, 3.8) is 0 Å². The van der Waals surface area contributed by atoms with Gasteiger partial charge in [-0.3, -0.25) is 0 Å². The molecule has 1 atom stereocenters. The maximum Gasteiger partial charge on any atom is 0.0945 e. The van der Waals surface area contributed by atoms with Crippen molar-refractivity contribution in [2.24, 2.45) is 5.92 Å². The minimum Gasteiger partial charge on any atom is -0.387 e.